The predicted octanol–water partition coefficient (Wildman–Crippen LogP) is 3.38. The predicted molar refractivity (Wildman–Crippen MR) is 91.8 cm³/mol. The average molecular weight is 325 g/mol. The molecule has 0 bridgehead atoms. The van der Waals surface area contributed by atoms with Crippen LogP contribution in [0.4, 0.5) is 0 Å². The molecule has 1 saturated carbocycles. The molecule has 2 fully saturated rings. The van der Waals surface area contributed by atoms with E-state index in [4.69, 9.17) is 4.74 Å². The highest BCUT2D eigenvalue weighted by molar-refractivity contribution is 5.92. The fraction of sp³-hybridized carbons (Fsp3) is 0.474. The van der Waals surface area contributed by atoms with Gasteiger partial charge in [-0.15, -0.1) is 0 Å². The van der Waals surface area contributed by atoms with E-state index in [0.717, 1.165) is 43.1 Å². The maximum atomic E-state index is 12.8. The van der Waals surface area contributed by atoms with Gasteiger partial charge in [0.25, 0.3) is 5.91 Å². The lowest BCUT2D eigenvalue weighted by molar-refractivity contribution is 0.0718. The van der Waals surface area contributed by atoms with E-state index in [0.29, 0.717) is 11.6 Å². The molecule has 5 heteroatoms. The Labute approximate surface area is 142 Å². The summed E-state index contributed by atoms with van der Waals surface area (Å²) in [6, 6.07) is 9.85. The molecule has 5 nitrogen and oxygen atoms in total. The van der Waals surface area contributed by atoms with Gasteiger partial charge in [0, 0.05) is 30.8 Å². The van der Waals surface area contributed by atoms with Gasteiger partial charge in [-0.2, -0.15) is 5.10 Å². The smallest absolute Gasteiger partial charge is 0.274 e. The number of amides is 1. The van der Waals surface area contributed by atoms with Gasteiger partial charge in [0.2, 0.25) is 0 Å². The van der Waals surface area contributed by atoms with Crippen LogP contribution in [0.25, 0.3) is 5.69 Å². The van der Waals surface area contributed by atoms with Gasteiger partial charge in [0.05, 0.1) is 12.8 Å². The summed E-state index contributed by atoms with van der Waals surface area (Å²) < 4.78 is 7.25. The highest BCUT2D eigenvalue weighted by Gasteiger charge is 2.31. The fourth-order valence-electron chi connectivity index (χ4n) is 3.38. The first-order chi connectivity index (χ1) is 11.8. The van der Waals surface area contributed by atoms with Gasteiger partial charge in [-0.25, -0.2) is 4.68 Å². The molecule has 1 aromatic heterocycles. The lowest BCUT2D eigenvalue weighted by Gasteiger charge is -2.25. The fourth-order valence-corrected chi connectivity index (χ4v) is 3.38. The quantitative estimate of drug-likeness (QED) is 0.866. The number of likely N-dealkylation sites (tertiary alicyclic amines) is 1. The molecule has 126 valence electrons. The van der Waals surface area contributed by atoms with Crippen molar-refractivity contribution in [2.75, 3.05) is 20.2 Å². The Balaban J connectivity index is 1.68. The van der Waals surface area contributed by atoms with E-state index in [1.165, 1.54) is 19.3 Å². The minimum absolute atomic E-state index is 0.0678. The molecule has 1 aliphatic heterocycles. The molecule has 2 aliphatic rings. The second-order valence-electron chi connectivity index (χ2n) is 6.69. The zero-order chi connectivity index (χ0) is 16.5. The van der Waals surface area contributed by atoms with Crippen LogP contribution in [0, 0.1) is 0 Å². The maximum Gasteiger partial charge on any atom is 0.274 e. The maximum absolute atomic E-state index is 12.8. The van der Waals surface area contributed by atoms with Crippen molar-refractivity contribution in [1.29, 1.82) is 0 Å². The normalized spacial score (nSPS) is 17.8. The summed E-state index contributed by atoms with van der Waals surface area (Å²) in [6.45, 7) is 1.70. The lowest BCUT2D eigenvalue weighted by atomic mass is 10.1. The van der Waals surface area contributed by atoms with Gasteiger partial charge < -0.3 is 9.64 Å². The summed E-state index contributed by atoms with van der Waals surface area (Å²) in [4.78, 5) is 14.7. The molecule has 2 heterocycles. The third kappa shape index (κ3) is 2.90. The van der Waals surface area contributed by atoms with Crippen molar-refractivity contribution in [3.8, 4) is 11.4 Å². The number of carbonyl (C=O) groups is 1. The number of benzene rings is 1. The standard InChI is InChI=1S/C19H23N3O2/c1-24-16-7-5-6-15(12-16)22-18(14-8-9-14)13-17(20-22)19(23)21-10-3-2-4-11-21/h5-7,12-14H,2-4,8-11H2,1H3. The Morgan fingerprint density at radius 3 is 2.67 bits per heavy atom. The van der Waals surface area contributed by atoms with Crippen LogP contribution < -0.4 is 4.74 Å². The van der Waals surface area contributed by atoms with Crippen LogP contribution in [0.15, 0.2) is 30.3 Å². The van der Waals surface area contributed by atoms with Crippen molar-refractivity contribution in [2.45, 2.75) is 38.0 Å². The molecule has 1 amide bonds. The first-order valence-electron chi connectivity index (χ1n) is 8.80. The number of hydrogen-bond donors (Lipinski definition) is 0. The van der Waals surface area contributed by atoms with E-state index in [1.807, 2.05) is 39.9 Å². The van der Waals surface area contributed by atoms with Gasteiger partial charge in [0.1, 0.15) is 5.75 Å². The number of nitrogens with zero attached hydrogens (tertiary/aromatic N) is 3. The van der Waals surface area contributed by atoms with E-state index in [9.17, 15) is 4.79 Å². The Kier molecular flexibility index (Phi) is 4.00. The molecule has 1 aliphatic carbocycles. The average Bonchev–Trinajstić information content (AvgIpc) is 3.40. The van der Waals surface area contributed by atoms with E-state index in [2.05, 4.69) is 5.10 Å². The SMILES string of the molecule is COc1cccc(-n2nc(C(=O)N3CCCCC3)cc2C2CC2)c1. The van der Waals surface area contributed by atoms with Crippen LogP contribution in [-0.4, -0.2) is 40.8 Å². The van der Waals surface area contributed by atoms with E-state index < -0.39 is 0 Å². The van der Waals surface area contributed by atoms with Gasteiger partial charge >= 0.3 is 0 Å². The van der Waals surface area contributed by atoms with Crippen LogP contribution >= 0.6 is 0 Å². The number of piperidine rings is 1. The Morgan fingerprint density at radius 2 is 1.96 bits per heavy atom. The number of methoxy groups -OCH3 is 1. The van der Waals surface area contributed by atoms with Crippen molar-refractivity contribution in [3.63, 3.8) is 0 Å². The Morgan fingerprint density at radius 1 is 1.17 bits per heavy atom. The first kappa shape index (κ1) is 15.2. The molecular weight excluding hydrogens is 302 g/mol. The third-order valence-corrected chi connectivity index (χ3v) is 4.89. The highest BCUT2D eigenvalue weighted by atomic mass is 16.5. The summed E-state index contributed by atoms with van der Waals surface area (Å²) in [7, 11) is 1.66. The van der Waals surface area contributed by atoms with Crippen molar-refractivity contribution in [2.24, 2.45) is 0 Å². The second-order valence-corrected chi connectivity index (χ2v) is 6.69. The van der Waals surface area contributed by atoms with E-state index >= 15 is 0 Å². The molecular formula is C19H23N3O2. The minimum Gasteiger partial charge on any atom is -0.497 e. The summed E-state index contributed by atoms with van der Waals surface area (Å²) in [5.74, 6) is 1.39. The Hall–Kier alpha value is -2.30. The van der Waals surface area contributed by atoms with Crippen LogP contribution in [0.3, 0.4) is 0 Å². The highest BCUT2D eigenvalue weighted by Crippen LogP contribution is 2.41. The second kappa shape index (κ2) is 6.30. The molecule has 1 saturated heterocycles. The first-order valence-corrected chi connectivity index (χ1v) is 8.80. The third-order valence-electron chi connectivity index (χ3n) is 4.89. The number of carbonyl (C=O) groups excluding carboxylic acids is 1. The zero-order valence-electron chi connectivity index (χ0n) is 14.1. The van der Waals surface area contributed by atoms with Crippen molar-refractivity contribution in [3.05, 3.63) is 41.7 Å². The molecule has 2 aromatic rings. The summed E-state index contributed by atoms with van der Waals surface area (Å²) in [5.41, 5.74) is 2.67. The summed E-state index contributed by atoms with van der Waals surface area (Å²) in [6.07, 6.45) is 5.75. The summed E-state index contributed by atoms with van der Waals surface area (Å²) >= 11 is 0. The van der Waals surface area contributed by atoms with E-state index in [1.54, 1.807) is 7.11 Å². The van der Waals surface area contributed by atoms with Gasteiger partial charge in [0.15, 0.2) is 5.69 Å². The van der Waals surface area contributed by atoms with Crippen molar-refractivity contribution < 1.29 is 9.53 Å². The van der Waals surface area contributed by atoms with Gasteiger partial charge in [-0.1, -0.05) is 6.07 Å². The van der Waals surface area contributed by atoms with Crippen LogP contribution in [0.2, 0.25) is 0 Å². The molecule has 1 aromatic carbocycles. The number of rotatable bonds is 4. The van der Waals surface area contributed by atoms with Crippen LogP contribution in [0.1, 0.15) is 54.2 Å². The zero-order valence-corrected chi connectivity index (χ0v) is 14.1. The van der Waals surface area contributed by atoms with E-state index in [-0.39, 0.29) is 5.91 Å². The van der Waals surface area contributed by atoms with Gasteiger partial charge in [-0.05, 0) is 50.3 Å². The number of hydrogen-bond acceptors (Lipinski definition) is 3. The molecule has 4 rings (SSSR count). The lowest BCUT2D eigenvalue weighted by Crippen LogP contribution is -2.35. The summed E-state index contributed by atoms with van der Waals surface area (Å²) in [5, 5.41) is 4.66. The number of aromatic nitrogens is 2. The van der Waals surface area contributed by atoms with Crippen molar-refractivity contribution in [1.82, 2.24) is 14.7 Å². The molecule has 0 unspecified atom stereocenters. The monoisotopic (exact) mass is 325 g/mol. The Bertz CT molecular complexity index is 743. The van der Waals surface area contributed by atoms with Crippen LogP contribution in [-0.2, 0) is 0 Å². The topological polar surface area (TPSA) is 47.4 Å². The van der Waals surface area contributed by atoms with Gasteiger partial charge in [-0.3, -0.25) is 4.79 Å². The molecule has 0 spiro atoms. The molecule has 0 N–H and O–H groups in total. The van der Waals surface area contributed by atoms with Crippen LogP contribution in [0.5, 0.6) is 5.75 Å². The molecule has 24 heavy (non-hydrogen) atoms. The van der Waals surface area contributed by atoms with Crippen molar-refractivity contribution >= 4 is 5.91 Å². The minimum atomic E-state index is 0.0678. The molecule has 0 atom stereocenters. The number of ether oxygens (including phenoxy) is 1. The molecule has 0 radical (unpaired) electrons. The largest absolute Gasteiger partial charge is 0.497 e.